The van der Waals surface area contributed by atoms with Gasteiger partial charge in [0.2, 0.25) is 0 Å². The lowest BCUT2D eigenvalue weighted by atomic mass is 9.69. The fraction of sp³-hybridized carbons (Fsp3) is 1.00. The molecule has 1 rings (SSSR count). The monoisotopic (exact) mass is 158 g/mol. The summed E-state index contributed by atoms with van der Waals surface area (Å²) in [5.74, 6) is 0. The Balaban J connectivity index is 2.67. The second-order valence-corrected chi connectivity index (χ2v) is 4.75. The molecule has 0 radical (unpaired) electrons. The van der Waals surface area contributed by atoms with Gasteiger partial charge >= 0.3 is 0 Å². The average molecular weight is 158 g/mol. The summed E-state index contributed by atoms with van der Waals surface area (Å²) >= 11 is 0. The Morgan fingerprint density at radius 3 is 2.18 bits per heavy atom. The molecule has 0 spiro atoms. The minimum Gasteiger partial charge on any atom is -0.390 e. The Labute approximate surface area is 68.2 Å². The van der Waals surface area contributed by atoms with E-state index in [9.17, 15) is 10.2 Å². The highest BCUT2D eigenvalue weighted by Crippen LogP contribution is 2.40. The molecule has 0 aromatic rings. The maximum absolute atomic E-state index is 9.73. The molecule has 0 amide bonds. The van der Waals surface area contributed by atoms with Crippen molar-refractivity contribution in [1.29, 1.82) is 0 Å². The highest BCUT2D eigenvalue weighted by atomic mass is 16.3. The summed E-state index contributed by atoms with van der Waals surface area (Å²) in [6.45, 7) is 5.99. The van der Waals surface area contributed by atoms with E-state index in [-0.39, 0.29) is 5.41 Å². The molecule has 66 valence electrons. The zero-order valence-corrected chi connectivity index (χ0v) is 7.59. The lowest BCUT2D eigenvalue weighted by molar-refractivity contribution is -0.116. The van der Waals surface area contributed by atoms with Gasteiger partial charge in [0, 0.05) is 0 Å². The summed E-state index contributed by atoms with van der Waals surface area (Å²) in [6.07, 6.45) is 1.89. The summed E-state index contributed by atoms with van der Waals surface area (Å²) in [7, 11) is 0. The van der Waals surface area contributed by atoms with Gasteiger partial charge in [-0.1, -0.05) is 13.8 Å². The second-order valence-electron chi connectivity index (χ2n) is 4.75. The van der Waals surface area contributed by atoms with Crippen molar-refractivity contribution in [3.8, 4) is 0 Å². The SMILES string of the molecule is CC1(C)CCC(O)C(C)(O)C1. The van der Waals surface area contributed by atoms with Crippen LogP contribution in [0.3, 0.4) is 0 Å². The number of hydrogen-bond acceptors (Lipinski definition) is 2. The van der Waals surface area contributed by atoms with Crippen LogP contribution in [0.2, 0.25) is 0 Å². The molecule has 2 atom stereocenters. The third-order valence-electron chi connectivity index (χ3n) is 2.65. The fourth-order valence-electron chi connectivity index (χ4n) is 2.01. The van der Waals surface area contributed by atoms with E-state index in [4.69, 9.17) is 0 Å². The van der Waals surface area contributed by atoms with E-state index in [0.717, 1.165) is 12.8 Å². The first-order valence-electron chi connectivity index (χ1n) is 4.24. The number of aliphatic hydroxyl groups is 2. The van der Waals surface area contributed by atoms with Gasteiger partial charge in [-0.2, -0.15) is 0 Å². The maximum atomic E-state index is 9.73. The van der Waals surface area contributed by atoms with Gasteiger partial charge in [-0.05, 0) is 31.6 Å². The maximum Gasteiger partial charge on any atom is 0.0882 e. The Morgan fingerprint density at radius 2 is 1.82 bits per heavy atom. The standard InChI is InChI=1S/C9H18O2/c1-8(2)5-4-7(10)9(3,11)6-8/h7,10-11H,4-6H2,1-3H3. The van der Waals surface area contributed by atoms with Crippen LogP contribution < -0.4 is 0 Å². The number of aliphatic hydroxyl groups excluding tert-OH is 1. The molecule has 0 saturated heterocycles. The van der Waals surface area contributed by atoms with Crippen LogP contribution >= 0.6 is 0 Å². The molecule has 0 bridgehead atoms. The van der Waals surface area contributed by atoms with Crippen LogP contribution in [0.1, 0.15) is 40.0 Å². The molecule has 1 aliphatic carbocycles. The molecule has 2 heteroatoms. The van der Waals surface area contributed by atoms with Crippen LogP contribution in [-0.4, -0.2) is 21.9 Å². The number of rotatable bonds is 0. The molecule has 2 unspecified atom stereocenters. The molecule has 0 heterocycles. The zero-order chi connectivity index (χ0) is 8.70. The quantitative estimate of drug-likeness (QED) is 0.558. The van der Waals surface area contributed by atoms with Crippen LogP contribution in [-0.2, 0) is 0 Å². The molecule has 0 aromatic heterocycles. The van der Waals surface area contributed by atoms with Crippen molar-refractivity contribution >= 4 is 0 Å². The first-order chi connectivity index (χ1) is 4.83. The molecular weight excluding hydrogens is 140 g/mol. The van der Waals surface area contributed by atoms with E-state index >= 15 is 0 Å². The highest BCUT2D eigenvalue weighted by Gasteiger charge is 2.41. The molecular formula is C9H18O2. The van der Waals surface area contributed by atoms with Gasteiger partial charge in [0.25, 0.3) is 0 Å². The Hall–Kier alpha value is -0.0800. The predicted octanol–water partition coefficient (Wildman–Crippen LogP) is 1.31. The summed E-state index contributed by atoms with van der Waals surface area (Å²) in [4.78, 5) is 0. The van der Waals surface area contributed by atoms with Crippen molar-refractivity contribution < 1.29 is 10.2 Å². The molecule has 2 nitrogen and oxygen atoms in total. The Bertz CT molecular complexity index is 150. The first kappa shape index (κ1) is 9.01. The van der Waals surface area contributed by atoms with E-state index in [1.807, 2.05) is 0 Å². The molecule has 11 heavy (non-hydrogen) atoms. The summed E-state index contributed by atoms with van der Waals surface area (Å²) < 4.78 is 0. The van der Waals surface area contributed by atoms with Gasteiger partial charge in [-0.15, -0.1) is 0 Å². The zero-order valence-electron chi connectivity index (χ0n) is 7.59. The third kappa shape index (κ3) is 1.94. The molecule has 0 aromatic carbocycles. The minimum absolute atomic E-state index is 0.183. The van der Waals surface area contributed by atoms with Crippen molar-refractivity contribution in [2.75, 3.05) is 0 Å². The molecule has 0 aliphatic heterocycles. The van der Waals surface area contributed by atoms with Crippen LogP contribution in [0.15, 0.2) is 0 Å². The van der Waals surface area contributed by atoms with Gasteiger partial charge in [0.1, 0.15) is 0 Å². The van der Waals surface area contributed by atoms with Crippen LogP contribution in [0.5, 0.6) is 0 Å². The van der Waals surface area contributed by atoms with E-state index in [1.54, 1.807) is 6.92 Å². The van der Waals surface area contributed by atoms with Gasteiger partial charge < -0.3 is 10.2 Å². The van der Waals surface area contributed by atoms with Gasteiger partial charge in [-0.3, -0.25) is 0 Å². The Kier molecular flexibility index (Phi) is 2.01. The van der Waals surface area contributed by atoms with Crippen molar-refractivity contribution in [2.24, 2.45) is 5.41 Å². The van der Waals surface area contributed by atoms with Crippen molar-refractivity contribution in [3.05, 3.63) is 0 Å². The molecule has 1 fully saturated rings. The highest BCUT2D eigenvalue weighted by molar-refractivity contribution is 4.93. The summed E-state index contributed by atoms with van der Waals surface area (Å²) in [5.41, 5.74) is -0.690. The van der Waals surface area contributed by atoms with E-state index in [1.165, 1.54) is 0 Å². The summed E-state index contributed by atoms with van der Waals surface area (Å²) in [5, 5.41) is 19.1. The lowest BCUT2D eigenvalue weighted by Crippen LogP contribution is -2.47. The topological polar surface area (TPSA) is 40.5 Å². The fourth-order valence-corrected chi connectivity index (χ4v) is 2.01. The van der Waals surface area contributed by atoms with Crippen molar-refractivity contribution in [1.82, 2.24) is 0 Å². The van der Waals surface area contributed by atoms with Crippen LogP contribution in [0.25, 0.3) is 0 Å². The van der Waals surface area contributed by atoms with Gasteiger partial charge in [-0.25, -0.2) is 0 Å². The van der Waals surface area contributed by atoms with E-state index in [2.05, 4.69) is 13.8 Å². The number of hydrogen-bond donors (Lipinski definition) is 2. The Morgan fingerprint density at radius 1 is 1.27 bits per heavy atom. The summed E-state index contributed by atoms with van der Waals surface area (Å²) in [6, 6.07) is 0. The first-order valence-corrected chi connectivity index (χ1v) is 4.24. The van der Waals surface area contributed by atoms with Crippen LogP contribution in [0, 0.1) is 5.41 Å². The van der Waals surface area contributed by atoms with E-state index in [0.29, 0.717) is 6.42 Å². The smallest absolute Gasteiger partial charge is 0.0882 e. The van der Waals surface area contributed by atoms with Gasteiger partial charge in [0.15, 0.2) is 0 Å². The average Bonchev–Trinajstić information content (AvgIpc) is 1.77. The molecule has 1 aliphatic rings. The van der Waals surface area contributed by atoms with Crippen molar-refractivity contribution in [3.63, 3.8) is 0 Å². The predicted molar refractivity (Wildman–Crippen MR) is 44.3 cm³/mol. The lowest BCUT2D eigenvalue weighted by Gasteiger charge is -2.42. The third-order valence-corrected chi connectivity index (χ3v) is 2.65. The van der Waals surface area contributed by atoms with E-state index < -0.39 is 11.7 Å². The van der Waals surface area contributed by atoms with Crippen LogP contribution in [0.4, 0.5) is 0 Å². The molecule has 2 N–H and O–H groups in total. The van der Waals surface area contributed by atoms with Crippen molar-refractivity contribution in [2.45, 2.75) is 51.7 Å². The van der Waals surface area contributed by atoms with Gasteiger partial charge in [0.05, 0.1) is 11.7 Å². The largest absolute Gasteiger partial charge is 0.390 e. The normalized spacial score (nSPS) is 43.9. The minimum atomic E-state index is -0.873. The second kappa shape index (κ2) is 2.46. The molecule has 1 saturated carbocycles.